The minimum absolute atomic E-state index is 0.788. The number of anilines is 1. The zero-order chi connectivity index (χ0) is 13.4. The highest BCUT2D eigenvalue weighted by Crippen LogP contribution is 2.41. The van der Waals surface area contributed by atoms with Crippen LogP contribution in [0.15, 0.2) is 48.7 Å². The average Bonchev–Trinajstić information content (AvgIpc) is 3.22. The van der Waals surface area contributed by atoms with Crippen LogP contribution in [0.3, 0.4) is 0 Å². The lowest BCUT2D eigenvalue weighted by Gasteiger charge is -2.11. The van der Waals surface area contributed by atoms with Crippen molar-refractivity contribution in [2.24, 2.45) is 0 Å². The molecule has 4 rings (SSSR count). The summed E-state index contributed by atoms with van der Waals surface area (Å²) in [6, 6.07) is 15.0. The molecule has 2 N–H and O–H groups in total. The highest BCUT2D eigenvalue weighted by atomic mass is 15.1. The van der Waals surface area contributed by atoms with Gasteiger partial charge < -0.3 is 5.32 Å². The first-order chi connectivity index (χ1) is 9.92. The molecular weight excluding hydrogens is 246 g/mol. The summed E-state index contributed by atoms with van der Waals surface area (Å²) < 4.78 is 0. The van der Waals surface area contributed by atoms with Gasteiger partial charge in [0.25, 0.3) is 0 Å². The first-order valence-corrected chi connectivity index (χ1v) is 7.15. The van der Waals surface area contributed by atoms with E-state index in [1.807, 2.05) is 6.20 Å². The van der Waals surface area contributed by atoms with Crippen LogP contribution in [-0.2, 0) is 6.54 Å². The van der Waals surface area contributed by atoms with Gasteiger partial charge in [0.2, 0.25) is 0 Å². The van der Waals surface area contributed by atoms with E-state index < -0.39 is 0 Å². The lowest BCUT2D eigenvalue weighted by atomic mass is 10.0. The van der Waals surface area contributed by atoms with E-state index in [1.54, 1.807) is 0 Å². The molecule has 1 heterocycles. The maximum atomic E-state index is 4.11. The van der Waals surface area contributed by atoms with Gasteiger partial charge in [0.1, 0.15) is 0 Å². The molecule has 0 amide bonds. The molecule has 2 aromatic carbocycles. The highest BCUT2D eigenvalue weighted by Gasteiger charge is 2.25. The van der Waals surface area contributed by atoms with Crippen LogP contribution in [0.25, 0.3) is 10.9 Å². The largest absolute Gasteiger partial charge is 0.379 e. The standard InChI is InChI=1S/C17H17N3/c1-2-6-15(12-8-9-12)13(4-1)10-18-16-7-3-5-14-11-19-20-17(14)16/h1-7,11-12,18H,8-10H2,(H,19,20). The Morgan fingerprint density at radius 3 is 2.90 bits per heavy atom. The van der Waals surface area contributed by atoms with Gasteiger partial charge in [-0.1, -0.05) is 36.4 Å². The van der Waals surface area contributed by atoms with Crippen molar-refractivity contribution in [1.82, 2.24) is 10.2 Å². The fraction of sp³-hybridized carbons (Fsp3) is 0.235. The lowest BCUT2D eigenvalue weighted by Crippen LogP contribution is -2.02. The Kier molecular flexibility index (Phi) is 2.69. The van der Waals surface area contributed by atoms with Crippen LogP contribution in [0, 0.1) is 0 Å². The molecule has 0 unspecified atom stereocenters. The molecule has 0 saturated heterocycles. The summed E-state index contributed by atoms with van der Waals surface area (Å²) in [6.07, 6.45) is 4.54. The third-order valence-electron chi connectivity index (χ3n) is 4.02. The Morgan fingerprint density at radius 1 is 1.10 bits per heavy atom. The van der Waals surface area contributed by atoms with Crippen molar-refractivity contribution in [2.45, 2.75) is 25.3 Å². The number of aromatic amines is 1. The molecule has 3 heteroatoms. The maximum absolute atomic E-state index is 4.11. The summed E-state index contributed by atoms with van der Waals surface area (Å²) in [5.41, 5.74) is 5.12. The fourth-order valence-corrected chi connectivity index (χ4v) is 2.79. The van der Waals surface area contributed by atoms with Gasteiger partial charge in [-0.2, -0.15) is 5.10 Å². The number of benzene rings is 2. The van der Waals surface area contributed by atoms with Crippen molar-refractivity contribution in [1.29, 1.82) is 0 Å². The Morgan fingerprint density at radius 2 is 2.00 bits per heavy atom. The number of para-hydroxylation sites is 1. The summed E-state index contributed by atoms with van der Waals surface area (Å²) in [4.78, 5) is 0. The van der Waals surface area contributed by atoms with E-state index in [2.05, 4.69) is 58.0 Å². The van der Waals surface area contributed by atoms with E-state index in [4.69, 9.17) is 0 Å². The normalized spacial score (nSPS) is 14.6. The average molecular weight is 263 g/mol. The van der Waals surface area contributed by atoms with Crippen LogP contribution in [0.5, 0.6) is 0 Å². The van der Waals surface area contributed by atoms with Crippen LogP contribution in [0.1, 0.15) is 29.9 Å². The number of fused-ring (bicyclic) bond motifs is 1. The molecule has 3 nitrogen and oxygen atoms in total. The van der Waals surface area contributed by atoms with Gasteiger partial charge in [-0.25, -0.2) is 0 Å². The molecule has 1 fully saturated rings. The SMILES string of the molecule is c1ccc(C2CC2)c(CNc2cccc3cn[nH]c23)c1. The number of hydrogen-bond acceptors (Lipinski definition) is 2. The first kappa shape index (κ1) is 11.5. The van der Waals surface area contributed by atoms with E-state index in [0.29, 0.717) is 0 Å². The first-order valence-electron chi connectivity index (χ1n) is 7.15. The summed E-state index contributed by atoms with van der Waals surface area (Å²) in [5.74, 6) is 0.788. The van der Waals surface area contributed by atoms with Gasteiger partial charge in [-0.3, -0.25) is 5.10 Å². The molecule has 20 heavy (non-hydrogen) atoms. The molecule has 1 aliphatic carbocycles. The fourth-order valence-electron chi connectivity index (χ4n) is 2.79. The second kappa shape index (κ2) is 4.67. The van der Waals surface area contributed by atoms with E-state index >= 15 is 0 Å². The van der Waals surface area contributed by atoms with Crippen LogP contribution < -0.4 is 5.32 Å². The quantitative estimate of drug-likeness (QED) is 0.745. The zero-order valence-electron chi connectivity index (χ0n) is 11.3. The summed E-state index contributed by atoms with van der Waals surface area (Å²) >= 11 is 0. The molecule has 3 aromatic rings. The molecule has 0 bridgehead atoms. The van der Waals surface area contributed by atoms with E-state index in [0.717, 1.165) is 29.1 Å². The Hall–Kier alpha value is -2.29. The lowest BCUT2D eigenvalue weighted by molar-refractivity contribution is 1.03. The predicted octanol–water partition coefficient (Wildman–Crippen LogP) is 4.05. The molecule has 0 spiro atoms. The molecular formula is C17H17N3. The maximum Gasteiger partial charge on any atom is 0.0881 e. The van der Waals surface area contributed by atoms with Crippen molar-refractivity contribution in [3.8, 4) is 0 Å². The Bertz CT molecular complexity index is 741. The van der Waals surface area contributed by atoms with Gasteiger partial charge >= 0.3 is 0 Å². The van der Waals surface area contributed by atoms with Crippen molar-refractivity contribution in [2.75, 3.05) is 5.32 Å². The van der Waals surface area contributed by atoms with Gasteiger partial charge in [-0.05, 0) is 36.0 Å². The molecule has 0 aliphatic heterocycles. The number of rotatable bonds is 4. The zero-order valence-corrected chi connectivity index (χ0v) is 11.3. The second-order valence-corrected chi connectivity index (χ2v) is 5.47. The Labute approximate surface area is 118 Å². The van der Waals surface area contributed by atoms with Gasteiger partial charge in [0.05, 0.1) is 17.4 Å². The third kappa shape index (κ3) is 2.05. The van der Waals surface area contributed by atoms with E-state index in [9.17, 15) is 0 Å². The molecule has 1 saturated carbocycles. The van der Waals surface area contributed by atoms with Crippen LogP contribution >= 0.6 is 0 Å². The molecule has 0 radical (unpaired) electrons. The number of nitrogens with zero attached hydrogens (tertiary/aromatic N) is 1. The molecule has 100 valence electrons. The number of hydrogen-bond donors (Lipinski definition) is 2. The van der Waals surface area contributed by atoms with Crippen LogP contribution in [-0.4, -0.2) is 10.2 Å². The van der Waals surface area contributed by atoms with E-state index in [1.165, 1.54) is 24.0 Å². The van der Waals surface area contributed by atoms with Crippen molar-refractivity contribution < 1.29 is 0 Å². The van der Waals surface area contributed by atoms with Gasteiger partial charge in [-0.15, -0.1) is 0 Å². The molecule has 1 aromatic heterocycles. The summed E-state index contributed by atoms with van der Waals surface area (Å²) in [6.45, 7) is 0.866. The monoisotopic (exact) mass is 263 g/mol. The number of aromatic nitrogens is 2. The van der Waals surface area contributed by atoms with Crippen LogP contribution in [0.4, 0.5) is 5.69 Å². The summed E-state index contributed by atoms with van der Waals surface area (Å²) in [5, 5.41) is 11.9. The number of nitrogens with one attached hydrogen (secondary N) is 2. The highest BCUT2D eigenvalue weighted by molar-refractivity contribution is 5.89. The second-order valence-electron chi connectivity index (χ2n) is 5.47. The van der Waals surface area contributed by atoms with E-state index in [-0.39, 0.29) is 0 Å². The molecule has 0 atom stereocenters. The van der Waals surface area contributed by atoms with Crippen molar-refractivity contribution in [3.05, 3.63) is 59.8 Å². The summed E-state index contributed by atoms with van der Waals surface area (Å²) in [7, 11) is 0. The van der Waals surface area contributed by atoms with Gasteiger partial charge in [0, 0.05) is 11.9 Å². The topological polar surface area (TPSA) is 40.7 Å². The smallest absolute Gasteiger partial charge is 0.0881 e. The predicted molar refractivity (Wildman–Crippen MR) is 81.8 cm³/mol. The van der Waals surface area contributed by atoms with Crippen molar-refractivity contribution >= 4 is 16.6 Å². The molecule has 1 aliphatic rings. The van der Waals surface area contributed by atoms with Crippen molar-refractivity contribution in [3.63, 3.8) is 0 Å². The number of H-pyrrole nitrogens is 1. The third-order valence-corrected chi connectivity index (χ3v) is 4.02. The Balaban J connectivity index is 1.60. The van der Waals surface area contributed by atoms with Crippen LogP contribution in [0.2, 0.25) is 0 Å². The minimum Gasteiger partial charge on any atom is -0.379 e. The minimum atomic E-state index is 0.788. The van der Waals surface area contributed by atoms with Gasteiger partial charge in [0.15, 0.2) is 0 Å².